The lowest BCUT2D eigenvalue weighted by molar-refractivity contribution is 0.460. The van der Waals surface area contributed by atoms with Crippen LogP contribution in [0.25, 0.3) is 16.9 Å². The molecule has 4 heterocycles. The third-order valence-corrected chi connectivity index (χ3v) is 5.62. The number of nitrogens with one attached hydrogen (secondary N) is 3. The number of hydrogen-bond acceptors (Lipinski definition) is 4. The van der Waals surface area contributed by atoms with Crippen LogP contribution in [0.1, 0.15) is 24.3 Å². The number of aromatic amines is 1. The van der Waals surface area contributed by atoms with Gasteiger partial charge in [-0.3, -0.25) is 9.20 Å². The molecular weight excluding hydrogens is 362 g/mol. The number of piperidine rings is 1. The van der Waals surface area contributed by atoms with Gasteiger partial charge in [-0.05, 0) is 67.7 Å². The van der Waals surface area contributed by atoms with E-state index in [0.29, 0.717) is 5.92 Å². The molecule has 0 spiro atoms. The fourth-order valence-corrected chi connectivity index (χ4v) is 4.10. The second kappa shape index (κ2) is 7.56. The molecule has 1 aliphatic heterocycles. The van der Waals surface area contributed by atoms with E-state index in [2.05, 4.69) is 44.9 Å². The highest BCUT2D eigenvalue weighted by Gasteiger charge is 2.15. The van der Waals surface area contributed by atoms with Gasteiger partial charge < -0.3 is 15.6 Å². The van der Waals surface area contributed by atoms with Crippen molar-refractivity contribution >= 4 is 17.0 Å². The molecule has 5 rings (SSSR count). The summed E-state index contributed by atoms with van der Waals surface area (Å²) in [6, 6.07) is 16.2. The van der Waals surface area contributed by atoms with Crippen LogP contribution in [0, 0.1) is 0 Å². The molecule has 0 atom stereocenters. The summed E-state index contributed by atoms with van der Waals surface area (Å²) in [4.78, 5) is 18.9. The lowest BCUT2D eigenvalue weighted by Crippen LogP contribution is -2.26. The summed E-state index contributed by atoms with van der Waals surface area (Å²) in [5, 5.41) is 6.91. The van der Waals surface area contributed by atoms with Crippen molar-refractivity contribution in [3.8, 4) is 11.3 Å². The number of fused-ring (bicyclic) bond motifs is 1. The Hall–Kier alpha value is -3.38. The number of anilines is 2. The third kappa shape index (κ3) is 3.54. The van der Waals surface area contributed by atoms with Crippen molar-refractivity contribution in [1.29, 1.82) is 0 Å². The molecule has 0 unspecified atom stereocenters. The van der Waals surface area contributed by atoms with Crippen molar-refractivity contribution in [2.75, 3.05) is 18.4 Å². The zero-order chi connectivity index (χ0) is 19.6. The zero-order valence-corrected chi connectivity index (χ0v) is 16.1. The van der Waals surface area contributed by atoms with E-state index in [0.717, 1.165) is 41.4 Å². The molecule has 3 aromatic heterocycles. The number of aromatic nitrogens is 3. The molecule has 1 fully saturated rings. The molecule has 4 aromatic rings. The molecule has 6 nitrogen and oxygen atoms in total. The van der Waals surface area contributed by atoms with Gasteiger partial charge in [0.1, 0.15) is 0 Å². The van der Waals surface area contributed by atoms with E-state index >= 15 is 0 Å². The number of hydrogen-bond donors (Lipinski definition) is 3. The van der Waals surface area contributed by atoms with Gasteiger partial charge in [0.15, 0.2) is 5.65 Å². The topological polar surface area (TPSA) is 74.2 Å². The van der Waals surface area contributed by atoms with Crippen molar-refractivity contribution in [1.82, 2.24) is 19.7 Å². The second-order valence-corrected chi connectivity index (χ2v) is 7.47. The largest absolute Gasteiger partial charge is 0.352 e. The highest BCUT2D eigenvalue weighted by Crippen LogP contribution is 2.29. The quantitative estimate of drug-likeness (QED) is 0.498. The first-order valence-electron chi connectivity index (χ1n) is 10.0. The number of rotatable bonds is 4. The van der Waals surface area contributed by atoms with Gasteiger partial charge >= 0.3 is 0 Å². The lowest BCUT2D eigenvalue weighted by Gasteiger charge is -2.23. The zero-order valence-electron chi connectivity index (χ0n) is 16.1. The molecule has 0 saturated carbocycles. The summed E-state index contributed by atoms with van der Waals surface area (Å²) in [6.45, 7) is 2.20. The molecule has 1 saturated heterocycles. The van der Waals surface area contributed by atoms with Crippen molar-refractivity contribution in [2.45, 2.75) is 18.8 Å². The average Bonchev–Trinajstić information content (AvgIpc) is 3.26. The Morgan fingerprint density at radius 1 is 1.03 bits per heavy atom. The lowest BCUT2D eigenvalue weighted by atomic mass is 9.90. The van der Waals surface area contributed by atoms with Gasteiger partial charge in [-0.1, -0.05) is 12.1 Å². The first kappa shape index (κ1) is 17.7. The van der Waals surface area contributed by atoms with Crippen LogP contribution in [0.15, 0.2) is 71.9 Å². The van der Waals surface area contributed by atoms with Crippen molar-refractivity contribution in [3.63, 3.8) is 0 Å². The predicted octanol–water partition coefficient (Wildman–Crippen LogP) is 3.90. The van der Waals surface area contributed by atoms with Gasteiger partial charge in [0, 0.05) is 35.9 Å². The van der Waals surface area contributed by atoms with E-state index in [1.807, 2.05) is 28.8 Å². The number of H-pyrrole nitrogens is 1. The summed E-state index contributed by atoms with van der Waals surface area (Å²) < 4.78 is 2.00. The smallest absolute Gasteiger partial charge is 0.248 e. The normalized spacial score (nSPS) is 14.9. The van der Waals surface area contributed by atoms with E-state index in [4.69, 9.17) is 0 Å². The standard InChI is InChI=1S/C23H23N5O/c29-22-15-18(9-12-25-22)21-6-5-20(23-26-13-14-28(21)23)27-19-3-1-16(2-4-19)17-7-10-24-11-8-17/h1-6,9,12-15,17,24,27H,7-8,10-11H2,(H,25,29). The van der Waals surface area contributed by atoms with Gasteiger partial charge in [0.2, 0.25) is 5.56 Å². The van der Waals surface area contributed by atoms with Gasteiger partial charge in [0.05, 0.1) is 11.4 Å². The van der Waals surface area contributed by atoms with Crippen molar-refractivity contribution < 1.29 is 0 Å². The Kier molecular flexibility index (Phi) is 4.62. The highest BCUT2D eigenvalue weighted by atomic mass is 16.1. The maximum atomic E-state index is 11.7. The Morgan fingerprint density at radius 3 is 2.66 bits per heavy atom. The molecule has 0 radical (unpaired) electrons. The second-order valence-electron chi connectivity index (χ2n) is 7.47. The minimum Gasteiger partial charge on any atom is -0.352 e. The summed E-state index contributed by atoms with van der Waals surface area (Å²) >= 11 is 0. The van der Waals surface area contributed by atoms with Gasteiger partial charge in [-0.2, -0.15) is 0 Å². The van der Waals surface area contributed by atoms with Crippen molar-refractivity contribution in [2.24, 2.45) is 0 Å². The fraction of sp³-hybridized carbons (Fsp3) is 0.217. The van der Waals surface area contributed by atoms with Gasteiger partial charge in [-0.15, -0.1) is 0 Å². The van der Waals surface area contributed by atoms with Crippen LogP contribution in [0.3, 0.4) is 0 Å². The highest BCUT2D eigenvalue weighted by molar-refractivity contribution is 5.78. The minimum atomic E-state index is -0.119. The van der Waals surface area contributed by atoms with Crippen molar-refractivity contribution in [3.05, 3.63) is 83.0 Å². The Bertz CT molecular complexity index is 1190. The minimum absolute atomic E-state index is 0.119. The monoisotopic (exact) mass is 385 g/mol. The molecule has 3 N–H and O–H groups in total. The molecule has 0 aliphatic carbocycles. The van der Waals surface area contributed by atoms with Crippen LogP contribution in [0.4, 0.5) is 11.4 Å². The van der Waals surface area contributed by atoms with Gasteiger partial charge in [0.25, 0.3) is 0 Å². The van der Waals surface area contributed by atoms with Crippen LogP contribution in [-0.4, -0.2) is 27.5 Å². The number of pyridine rings is 2. The molecule has 1 aliphatic rings. The van der Waals surface area contributed by atoms with Crippen LogP contribution in [0.5, 0.6) is 0 Å². The molecule has 6 heteroatoms. The Morgan fingerprint density at radius 2 is 1.86 bits per heavy atom. The van der Waals surface area contributed by atoms with Crippen LogP contribution < -0.4 is 16.2 Å². The summed E-state index contributed by atoms with van der Waals surface area (Å²) in [5.74, 6) is 0.651. The number of imidazole rings is 1. The predicted molar refractivity (Wildman–Crippen MR) is 116 cm³/mol. The molecule has 0 bridgehead atoms. The summed E-state index contributed by atoms with van der Waals surface area (Å²) in [6.07, 6.45) is 7.75. The first-order valence-corrected chi connectivity index (χ1v) is 10.0. The first-order chi connectivity index (χ1) is 14.3. The Balaban J connectivity index is 1.43. The summed E-state index contributed by atoms with van der Waals surface area (Å²) in [5.41, 5.74) is 5.87. The summed E-state index contributed by atoms with van der Waals surface area (Å²) in [7, 11) is 0. The fourth-order valence-electron chi connectivity index (χ4n) is 4.10. The molecule has 1 aromatic carbocycles. The molecule has 29 heavy (non-hydrogen) atoms. The molecule has 146 valence electrons. The van der Waals surface area contributed by atoms with Gasteiger partial charge in [-0.25, -0.2) is 4.98 Å². The van der Waals surface area contributed by atoms with E-state index in [9.17, 15) is 4.79 Å². The molecule has 0 amide bonds. The van der Waals surface area contributed by atoms with E-state index in [-0.39, 0.29) is 5.56 Å². The van der Waals surface area contributed by atoms with Crippen LogP contribution in [-0.2, 0) is 0 Å². The van der Waals surface area contributed by atoms with E-state index < -0.39 is 0 Å². The van der Waals surface area contributed by atoms with E-state index in [1.54, 1.807) is 18.5 Å². The average molecular weight is 385 g/mol. The number of benzene rings is 1. The SMILES string of the molecule is O=c1cc(-c2ccc(Nc3ccc(C4CCNCC4)cc3)c3nccn23)cc[nH]1. The van der Waals surface area contributed by atoms with Crippen LogP contribution >= 0.6 is 0 Å². The molecular formula is C23H23N5O. The van der Waals surface area contributed by atoms with E-state index in [1.165, 1.54) is 18.4 Å². The Labute approximate surface area is 168 Å². The maximum Gasteiger partial charge on any atom is 0.248 e. The van der Waals surface area contributed by atoms with Crippen LogP contribution in [0.2, 0.25) is 0 Å². The number of nitrogens with zero attached hydrogens (tertiary/aromatic N) is 2. The maximum absolute atomic E-state index is 11.7. The third-order valence-electron chi connectivity index (χ3n) is 5.62.